The number of nitrogens with two attached hydrogens (primary N) is 1. The number of carbonyl (C=O) groups excluding carboxylic acids is 1. The van der Waals surface area contributed by atoms with E-state index in [4.69, 9.17) is 27.2 Å². The van der Waals surface area contributed by atoms with Crippen LogP contribution in [0.15, 0.2) is 48.5 Å². The Morgan fingerprint density at radius 3 is 2.64 bits per heavy atom. The lowest BCUT2D eigenvalue weighted by Gasteiger charge is -2.37. The monoisotopic (exact) mass is 513 g/mol. The first-order chi connectivity index (χ1) is 17.4. The molecule has 2 aliphatic heterocycles. The van der Waals surface area contributed by atoms with Crippen molar-refractivity contribution in [1.82, 2.24) is 5.32 Å². The van der Waals surface area contributed by atoms with Gasteiger partial charge in [-0.3, -0.25) is 4.79 Å². The van der Waals surface area contributed by atoms with Gasteiger partial charge in [0.15, 0.2) is 11.6 Å². The number of aliphatic hydroxyl groups excluding tert-OH is 1. The molecule has 1 saturated heterocycles. The molecule has 188 valence electrons. The minimum atomic E-state index is -0.898. The number of aliphatic hydroxyl groups is 1. The van der Waals surface area contributed by atoms with E-state index in [1.54, 1.807) is 0 Å². The van der Waals surface area contributed by atoms with E-state index in [1.807, 2.05) is 30.3 Å². The molecule has 5 N–H and O–H groups in total. The highest BCUT2D eigenvalue weighted by Crippen LogP contribution is 2.51. The lowest BCUT2D eigenvalue weighted by molar-refractivity contribution is 0.100. The Balaban J connectivity index is 1.74. The van der Waals surface area contributed by atoms with Crippen molar-refractivity contribution in [1.29, 1.82) is 0 Å². The zero-order chi connectivity index (χ0) is 25.4. The third-order valence-electron chi connectivity index (χ3n) is 7.06. The lowest BCUT2D eigenvalue weighted by Crippen LogP contribution is -2.50. The van der Waals surface area contributed by atoms with Crippen molar-refractivity contribution < 1.29 is 23.4 Å². The molecule has 6 nitrogen and oxygen atoms in total. The third-order valence-corrected chi connectivity index (χ3v) is 7.42. The number of halogens is 3. The van der Waals surface area contributed by atoms with E-state index in [9.17, 15) is 4.79 Å². The van der Waals surface area contributed by atoms with Crippen LogP contribution in [0.2, 0.25) is 5.02 Å². The maximum absolute atomic E-state index is 15.9. The fourth-order valence-corrected chi connectivity index (χ4v) is 5.75. The largest absolute Gasteiger partial charge is 0.488 e. The number of nitrogens with one attached hydrogen (secondary N) is 2. The molecular weight excluding hydrogens is 488 g/mol. The lowest BCUT2D eigenvalue weighted by atomic mass is 9.78. The third kappa shape index (κ3) is 3.99. The van der Waals surface area contributed by atoms with Gasteiger partial charge in [-0.05, 0) is 48.7 Å². The van der Waals surface area contributed by atoms with Gasteiger partial charge >= 0.3 is 0 Å². The second-order valence-corrected chi connectivity index (χ2v) is 9.48. The van der Waals surface area contributed by atoms with Crippen molar-refractivity contribution in [3.05, 3.63) is 81.9 Å². The summed E-state index contributed by atoms with van der Waals surface area (Å²) < 4.78 is 36.4. The first kappa shape index (κ1) is 24.5. The van der Waals surface area contributed by atoms with Gasteiger partial charge < -0.3 is 26.2 Å². The Labute approximate surface area is 212 Å². The van der Waals surface area contributed by atoms with Crippen molar-refractivity contribution in [3.8, 4) is 16.9 Å². The normalized spacial score (nSPS) is 20.7. The summed E-state index contributed by atoms with van der Waals surface area (Å²) in [6.07, 6.45) is 2.26. The van der Waals surface area contributed by atoms with Crippen LogP contribution < -0.4 is 21.1 Å². The maximum atomic E-state index is 15.9. The number of rotatable bonds is 7. The second kappa shape index (κ2) is 9.69. The highest BCUT2D eigenvalue weighted by atomic mass is 35.5. The molecule has 3 aromatic carbocycles. The Bertz CT molecular complexity index is 1320. The Hall–Kier alpha value is -3.20. The number of amides is 1. The molecular formula is C27H26ClF2N3O3. The molecule has 5 rings (SSSR count). The molecule has 1 unspecified atom stereocenters. The van der Waals surface area contributed by atoms with Crippen molar-refractivity contribution in [2.24, 2.45) is 5.73 Å². The molecule has 36 heavy (non-hydrogen) atoms. The first-order valence-electron chi connectivity index (χ1n) is 11.8. The van der Waals surface area contributed by atoms with Gasteiger partial charge in [0, 0.05) is 29.3 Å². The van der Waals surface area contributed by atoms with Crippen LogP contribution in [0, 0.1) is 11.6 Å². The fraction of sp³-hybridized carbons (Fsp3) is 0.296. The van der Waals surface area contributed by atoms with E-state index in [0.717, 1.165) is 24.9 Å². The maximum Gasteiger partial charge on any atom is 0.249 e. The molecule has 3 aromatic rings. The number of ether oxygens (including phenoxy) is 1. The van der Waals surface area contributed by atoms with Gasteiger partial charge in [0.25, 0.3) is 0 Å². The van der Waals surface area contributed by atoms with Gasteiger partial charge in [-0.2, -0.15) is 0 Å². The molecule has 2 heterocycles. The minimum Gasteiger partial charge on any atom is -0.488 e. The Morgan fingerprint density at radius 2 is 1.97 bits per heavy atom. The van der Waals surface area contributed by atoms with Crippen LogP contribution in [0.25, 0.3) is 11.1 Å². The molecule has 1 amide bonds. The fourth-order valence-electron chi connectivity index (χ4n) is 5.48. The van der Waals surface area contributed by atoms with Gasteiger partial charge in [0.1, 0.15) is 12.4 Å². The summed E-state index contributed by atoms with van der Waals surface area (Å²) >= 11 is 6.50. The first-order valence-corrected chi connectivity index (χ1v) is 12.2. The Kier molecular flexibility index (Phi) is 6.59. The van der Waals surface area contributed by atoms with E-state index in [-0.39, 0.29) is 46.7 Å². The topological polar surface area (TPSA) is 96.6 Å². The number of hydrogen-bond acceptors (Lipinski definition) is 5. The molecule has 0 aromatic heterocycles. The average molecular weight is 514 g/mol. The van der Waals surface area contributed by atoms with E-state index < -0.39 is 23.1 Å². The van der Waals surface area contributed by atoms with Gasteiger partial charge in [0.2, 0.25) is 5.91 Å². The van der Waals surface area contributed by atoms with E-state index in [1.165, 1.54) is 18.2 Å². The predicted octanol–water partition coefficient (Wildman–Crippen LogP) is 4.37. The van der Waals surface area contributed by atoms with Crippen LogP contribution in [0.4, 0.5) is 14.5 Å². The Morgan fingerprint density at radius 1 is 1.19 bits per heavy atom. The summed E-state index contributed by atoms with van der Waals surface area (Å²) in [6.45, 7) is 0.359. The molecule has 0 radical (unpaired) electrons. The highest BCUT2D eigenvalue weighted by molar-refractivity contribution is 6.34. The van der Waals surface area contributed by atoms with Crippen LogP contribution in [-0.2, 0) is 12.0 Å². The summed E-state index contributed by atoms with van der Waals surface area (Å²) in [7, 11) is 0. The van der Waals surface area contributed by atoms with Crippen molar-refractivity contribution in [2.75, 3.05) is 25.1 Å². The standard InChI is InChI=1S/C27H26ClF2N3O3/c28-24-18(29)13-19-17(14-27(33-19,21-7-4-10-32-21)15-5-2-1-3-6-15)22(24)23-16(26(31)35)8-9-20(25(23)30)36-12-11-34/h1-3,5-6,8-9,13,21,32-34H,4,7,10-12,14H2,(H2,31,35)/t21?,27-/m0/s1. The molecule has 9 heteroatoms. The zero-order valence-electron chi connectivity index (χ0n) is 19.4. The zero-order valence-corrected chi connectivity index (χ0v) is 20.2. The summed E-state index contributed by atoms with van der Waals surface area (Å²) in [6, 6.07) is 13.8. The average Bonchev–Trinajstić information content (AvgIpc) is 3.54. The van der Waals surface area contributed by atoms with Gasteiger partial charge in [-0.25, -0.2) is 8.78 Å². The number of anilines is 1. The number of benzene rings is 3. The molecule has 2 aliphatic rings. The molecule has 0 saturated carbocycles. The van der Waals surface area contributed by atoms with E-state index in [2.05, 4.69) is 10.6 Å². The van der Waals surface area contributed by atoms with Crippen LogP contribution in [0.3, 0.4) is 0 Å². The van der Waals surface area contributed by atoms with E-state index >= 15 is 8.78 Å². The van der Waals surface area contributed by atoms with E-state index in [0.29, 0.717) is 17.7 Å². The van der Waals surface area contributed by atoms with Crippen LogP contribution in [-0.4, -0.2) is 36.8 Å². The molecule has 0 spiro atoms. The quantitative estimate of drug-likeness (QED) is 0.376. The van der Waals surface area contributed by atoms with Crippen LogP contribution in [0.5, 0.6) is 5.75 Å². The highest BCUT2D eigenvalue weighted by Gasteiger charge is 2.47. The molecule has 2 atom stereocenters. The predicted molar refractivity (Wildman–Crippen MR) is 134 cm³/mol. The summed E-state index contributed by atoms with van der Waals surface area (Å²) in [5, 5.41) is 15.9. The smallest absolute Gasteiger partial charge is 0.249 e. The molecule has 0 bridgehead atoms. The number of primary amides is 1. The summed E-state index contributed by atoms with van der Waals surface area (Å²) in [4.78, 5) is 12.3. The summed E-state index contributed by atoms with van der Waals surface area (Å²) in [5.41, 5.74) is 6.72. The van der Waals surface area contributed by atoms with Gasteiger partial charge in [-0.15, -0.1) is 0 Å². The minimum absolute atomic E-state index is 0.0293. The second-order valence-electron chi connectivity index (χ2n) is 9.10. The van der Waals surface area contributed by atoms with Gasteiger partial charge in [0.05, 0.1) is 22.7 Å². The molecule has 1 fully saturated rings. The summed E-state index contributed by atoms with van der Waals surface area (Å²) in [5.74, 6) is -2.73. The van der Waals surface area contributed by atoms with Crippen molar-refractivity contribution in [3.63, 3.8) is 0 Å². The number of hydrogen-bond donors (Lipinski definition) is 4. The van der Waals surface area contributed by atoms with Crippen LogP contribution in [0.1, 0.15) is 34.3 Å². The van der Waals surface area contributed by atoms with Crippen LogP contribution >= 0.6 is 11.6 Å². The SMILES string of the molecule is NC(=O)c1ccc(OCCO)c(F)c1-c1c(Cl)c(F)cc2c1C[C@](c1ccccc1)(C1CCCN1)N2. The number of carbonyl (C=O) groups is 1. The van der Waals surface area contributed by atoms with Crippen molar-refractivity contribution in [2.45, 2.75) is 30.8 Å². The van der Waals surface area contributed by atoms with Gasteiger partial charge in [-0.1, -0.05) is 41.9 Å². The molecule has 0 aliphatic carbocycles. The number of fused-ring (bicyclic) bond motifs is 1. The van der Waals surface area contributed by atoms with Crippen molar-refractivity contribution >= 4 is 23.2 Å².